The molecule has 2 aromatic rings. The Morgan fingerprint density at radius 3 is 2.52 bits per heavy atom. The molecule has 1 N–H and O–H groups in total. The molecule has 0 aliphatic carbocycles. The number of pyridine rings is 1. The van der Waals surface area contributed by atoms with E-state index in [4.69, 9.17) is 9.47 Å². The summed E-state index contributed by atoms with van der Waals surface area (Å²) in [5.41, 5.74) is 4.01. The van der Waals surface area contributed by atoms with E-state index in [-0.39, 0.29) is 5.91 Å². The average Bonchev–Trinajstić information content (AvgIpc) is 2.70. The third kappa shape index (κ3) is 4.32. The van der Waals surface area contributed by atoms with Gasteiger partial charge in [0.1, 0.15) is 0 Å². The van der Waals surface area contributed by atoms with Gasteiger partial charge in [-0.05, 0) is 41.7 Å². The molecule has 1 aliphatic rings. The maximum Gasteiger partial charge on any atom is 0.252 e. The molecule has 0 radical (unpaired) electrons. The topological polar surface area (TPSA) is 63.7 Å². The van der Waals surface area contributed by atoms with Crippen molar-refractivity contribution < 1.29 is 14.3 Å². The summed E-state index contributed by atoms with van der Waals surface area (Å²) < 4.78 is 10.8. The lowest BCUT2D eigenvalue weighted by Crippen LogP contribution is -2.31. The van der Waals surface area contributed by atoms with Gasteiger partial charge < -0.3 is 19.7 Å². The first-order valence-electron chi connectivity index (χ1n) is 9.23. The minimum absolute atomic E-state index is 0.0816. The van der Waals surface area contributed by atoms with Crippen LogP contribution in [0.3, 0.4) is 0 Å². The Kier molecular flexibility index (Phi) is 5.84. The number of anilines is 1. The zero-order valence-corrected chi connectivity index (χ0v) is 16.4. The SMILES string of the molecule is COc1cc2c(cc1OC)CN(c1cncc(C(=O)NCC(C)C)c1)CC2. The van der Waals surface area contributed by atoms with Gasteiger partial charge >= 0.3 is 0 Å². The van der Waals surface area contributed by atoms with E-state index in [0.29, 0.717) is 18.0 Å². The van der Waals surface area contributed by atoms with Crippen molar-refractivity contribution in [2.24, 2.45) is 5.92 Å². The summed E-state index contributed by atoms with van der Waals surface area (Å²) in [5, 5.41) is 2.94. The van der Waals surface area contributed by atoms with Gasteiger partial charge in [0, 0.05) is 25.8 Å². The normalized spacial score (nSPS) is 13.3. The fourth-order valence-electron chi connectivity index (χ4n) is 3.23. The van der Waals surface area contributed by atoms with Crippen molar-refractivity contribution in [3.63, 3.8) is 0 Å². The Morgan fingerprint density at radius 1 is 1.15 bits per heavy atom. The van der Waals surface area contributed by atoms with Crippen LogP contribution in [0.15, 0.2) is 30.6 Å². The van der Waals surface area contributed by atoms with Crippen molar-refractivity contribution in [2.45, 2.75) is 26.8 Å². The lowest BCUT2D eigenvalue weighted by atomic mass is 9.98. The summed E-state index contributed by atoms with van der Waals surface area (Å²) in [4.78, 5) is 18.9. The standard InChI is InChI=1S/C21H27N3O3/c1-14(2)10-23-21(25)16-7-18(12-22-11-16)24-6-5-15-8-19(26-3)20(27-4)9-17(15)13-24/h7-9,11-12,14H,5-6,10,13H2,1-4H3,(H,23,25). The van der Waals surface area contributed by atoms with E-state index < -0.39 is 0 Å². The Morgan fingerprint density at radius 2 is 1.85 bits per heavy atom. The van der Waals surface area contributed by atoms with Gasteiger partial charge in [-0.2, -0.15) is 0 Å². The first-order chi connectivity index (χ1) is 13.0. The molecule has 3 rings (SSSR count). The van der Waals surface area contributed by atoms with Gasteiger partial charge in [0.2, 0.25) is 0 Å². The van der Waals surface area contributed by atoms with Crippen molar-refractivity contribution in [3.05, 3.63) is 47.3 Å². The number of hydrogen-bond acceptors (Lipinski definition) is 5. The molecule has 6 nitrogen and oxygen atoms in total. The third-order valence-electron chi connectivity index (χ3n) is 4.74. The highest BCUT2D eigenvalue weighted by Crippen LogP contribution is 2.34. The number of rotatable bonds is 6. The molecule has 1 aromatic carbocycles. The molecule has 6 heteroatoms. The summed E-state index contributed by atoms with van der Waals surface area (Å²) in [6.45, 7) is 6.41. The van der Waals surface area contributed by atoms with Crippen LogP contribution in [0.1, 0.15) is 35.3 Å². The largest absolute Gasteiger partial charge is 0.493 e. The maximum absolute atomic E-state index is 12.3. The van der Waals surface area contributed by atoms with E-state index in [1.54, 1.807) is 20.4 Å². The number of nitrogens with one attached hydrogen (secondary N) is 1. The van der Waals surface area contributed by atoms with Gasteiger partial charge in [-0.25, -0.2) is 0 Å². The van der Waals surface area contributed by atoms with Crippen LogP contribution in [-0.2, 0) is 13.0 Å². The van der Waals surface area contributed by atoms with Crippen molar-refractivity contribution in [1.29, 1.82) is 0 Å². The number of methoxy groups -OCH3 is 2. The molecule has 27 heavy (non-hydrogen) atoms. The number of amides is 1. The van der Waals surface area contributed by atoms with Crippen LogP contribution in [0.2, 0.25) is 0 Å². The van der Waals surface area contributed by atoms with Crippen LogP contribution in [0, 0.1) is 5.92 Å². The molecule has 0 atom stereocenters. The van der Waals surface area contributed by atoms with Crippen molar-refractivity contribution in [3.8, 4) is 11.5 Å². The fourth-order valence-corrected chi connectivity index (χ4v) is 3.23. The molecule has 2 heterocycles. The summed E-state index contributed by atoms with van der Waals surface area (Å²) in [7, 11) is 3.30. The quantitative estimate of drug-likeness (QED) is 0.848. The van der Waals surface area contributed by atoms with Gasteiger partial charge in [-0.15, -0.1) is 0 Å². The van der Waals surface area contributed by atoms with Gasteiger partial charge in [0.25, 0.3) is 5.91 Å². The summed E-state index contributed by atoms with van der Waals surface area (Å²) in [5.74, 6) is 1.82. The van der Waals surface area contributed by atoms with E-state index >= 15 is 0 Å². The van der Waals surface area contributed by atoms with Crippen LogP contribution in [-0.4, -0.2) is 38.2 Å². The lowest BCUT2D eigenvalue weighted by Gasteiger charge is -2.31. The zero-order valence-electron chi connectivity index (χ0n) is 16.4. The van der Waals surface area contributed by atoms with Gasteiger partial charge in [0.15, 0.2) is 11.5 Å². The van der Waals surface area contributed by atoms with E-state index in [2.05, 4.69) is 35.1 Å². The van der Waals surface area contributed by atoms with Crippen molar-refractivity contribution >= 4 is 11.6 Å². The fraction of sp³-hybridized carbons (Fsp3) is 0.429. The number of aromatic nitrogens is 1. The minimum atomic E-state index is -0.0816. The number of hydrogen-bond donors (Lipinski definition) is 1. The molecule has 144 valence electrons. The Balaban J connectivity index is 1.79. The number of ether oxygens (including phenoxy) is 2. The van der Waals surface area contributed by atoms with Gasteiger partial charge in [0.05, 0.1) is 31.7 Å². The lowest BCUT2D eigenvalue weighted by molar-refractivity contribution is 0.0948. The van der Waals surface area contributed by atoms with Gasteiger partial charge in [-0.1, -0.05) is 13.8 Å². The highest BCUT2D eigenvalue weighted by atomic mass is 16.5. The second-order valence-corrected chi connectivity index (χ2v) is 7.18. The van der Waals surface area contributed by atoms with E-state index in [1.807, 2.05) is 18.3 Å². The van der Waals surface area contributed by atoms with Crippen LogP contribution in [0.5, 0.6) is 11.5 Å². The molecule has 1 amide bonds. The summed E-state index contributed by atoms with van der Waals surface area (Å²) in [6, 6.07) is 6.00. The van der Waals surface area contributed by atoms with E-state index in [1.165, 1.54) is 11.1 Å². The van der Waals surface area contributed by atoms with E-state index in [9.17, 15) is 4.79 Å². The second-order valence-electron chi connectivity index (χ2n) is 7.18. The number of carbonyl (C=O) groups excluding carboxylic acids is 1. The number of benzene rings is 1. The Labute approximate surface area is 160 Å². The smallest absolute Gasteiger partial charge is 0.252 e. The molecular weight excluding hydrogens is 342 g/mol. The first-order valence-corrected chi connectivity index (χ1v) is 9.23. The minimum Gasteiger partial charge on any atom is -0.493 e. The van der Waals surface area contributed by atoms with Crippen LogP contribution in [0.25, 0.3) is 0 Å². The number of nitrogens with zero attached hydrogens (tertiary/aromatic N) is 2. The molecule has 0 saturated heterocycles. The zero-order chi connectivity index (χ0) is 19.4. The molecule has 0 unspecified atom stereocenters. The third-order valence-corrected chi connectivity index (χ3v) is 4.74. The summed E-state index contributed by atoms with van der Waals surface area (Å²) >= 11 is 0. The van der Waals surface area contributed by atoms with Crippen molar-refractivity contribution in [1.82, 2.24) is 10.3 Å². The van der Waals surface area contributed by atoms with Crippen LogP contribution < -0.4 is 19.7 Å². The maximum atomic E-state index is 12.3. The second kappa shape index (κ2) is 8.29. The Hall–Kier alpha value is -2.76. The molecule has 1 aliphatic heterocycles. The van der Waals surface area contributed by atoms with E-state index in [0.717, 1.165) is 36.7 Å². The highest BCUT2D eigenvalue weighted by Gasteiger charge is 2.20. The highest BCUT2D eigenvalue weighted by molar-refractivity contribution is 5.94. The average molecular weight is 369 g/mol. The molecule has 1 aromatic heterocycles. The monoisotopic (exact) mass is 369 g/mol. The predicted octanol–water partition coefficient (Wildman–Crippen LogP) is 3.05. The number of carbonyl (C=O) groups is 1. The molecule has 0 bridgehead atoms. The van der Waals surface area contributed by atoms with Gasteiger partial charge in [-0.3, -0.25) is 9.78 Å². The van der Waals surface area contributed by atoms with Crippen LogP contribution in [0.4, 0.5) is 5.69 Å². The molecule has 0 saturated carbocycles. The van der Waals surface area contributed by atoms with Crippen molar-refractivity contribution in [2.75, 3.05) is 32.2 Å². The Bertz CT molecular complexity index is 820. The molecule has 0 fully saturated rings. The number of fused-ring (bicyclic) bond motifs is 1. The summed E-state index contributed by atoms with van der Waals surface area (Å²) in [6.07, 6.45) is 4.33. The first kappa shape index (κ1) is 19.0. The molecular formula is C21H27N3O3. The predicted molar refractivity (Wildman–Crippen MR) is 106 cm³/mol. The van der Waals surface area contributed by atoms with Crippen LogP contribution >= 0.6 is 0 Å². The molecule has 0 spiro atoms.